The zero-order valence-electron chi connectivity index (χ0n) is 10.9. The van der Waals surface area contributed by atoms with E-state index in [1.807, 2.05) is 24.3 Å². The van der Waals surface area contributed by atoms with Crippen LogP contribution in [-0.4, -0.2) is 11.0 Å². The Hall–Kier alpha value is -1.20. The average Bonchev–Trinajstić information content (AvgIpc) is 2.91. The van der Waals surface area contributed by atoms with Crippen LogP contribution in [0.3, 0.4) is 0 Å². The second-order valence-corrected chi connectivity index (χ2v) is 6.98. The predicted molar refractivity (Wildman–Crippen MR) is 82.6 cm³/mol. The standard InChI is InChI=1S/C16H11BrF2OS/c17-11-5-6-12(18)10(16(11)19)8-13(20)15-7-9-3-1-2-4-14(9)21-15/h1-6,15H,7-8H2. The van der Waals surface area contributed by atoms with Crippen molar-refractivity contribution in [3.05, 3.63) is 63.6 Å². The maximum atomic E-state index is 13.9. The van der Waals surface area contributed by atoms with Crippen LogP contribution in [0, 0.1) is 11.6 Å². The van der Waals surface area contributed by atoms with Gasteiger partial charge in [0.05, 0.1) is 9.72 Å². The molecule has 0 saturated carbocycles. The summed E-state index contributed by atoms with van der Waals surface area (Å²) in [6.45, 7) is 0. The smallest absolute Gasteiger partial charge is 0.151 e. The van der Waals surface area contributed by atoms with E-state index >= 15 is 0 Å². The Bertz CT molecular complexity index is 692. The number of rotatable bonds is 3. The minimum atomic E-state index is -0.691. The zero-order chi connectivity index (χ0) is 15.0. The Kier molecular flexibility index (Phi) is 4.13. The molecule has 0 spiro atoms. The summed E-state index contributed by atoms with van der Waals surface area (Å²) in [5.74, 6) is -1.51. The molecule has 108 valence electrons. The lowest BCUT2D eigenvalue weighted by Crippen LogP contribution is -2.20. The van der Waals surface area contributed by atoms with E-state index < -0.39 is 11.6 Å². The van der Waals surface area contributed by atoms with Crippen LogP contribution in [0.4, 0.5) is 8.78 Å². The highest BCUT2D eigenvalue weighted by Crippen LogP contribution is 2.37. The van der Waals surface area contributed by atoms with Crippen LogP contribution < -0.4 is 0 Å². The number of carbonyl (C=O) groups excluding carboxylic acids is 1. The Morgan fingerprint density at radius 1 is 1.24 bits per heavy atom. The first-order valence-corrected chi connectivity index (χ1v) is 8.13. The number of Topliss-reactive ketones (excluding diaryl/α,β-unsaturated/α-hetero) is 1. The number of fused-ring (bicyclic) bond motifs is 1. The third-order valence-electron chi connectivity index (χ3n) is 3.50. The van der Waals surface area contributed by atoms with Gasteiger partial charge in [-0.3, -0.25) is 4.79 Å². The summed E-state index contributed by atoms with van der Waals surface area (Å²) in [6, 6.07) is 10.3. The molecule has 5 heteroatoms. The van der Waals surface area contributed by atoms with Gasteiger partial charge < -0.3 is 0 Å². The molecule has 1 atom stereocenters. The monoisotopic (exact) mass is 368 g/mol. The highest BCUT2D eigenvalue weighted by atomic mass is 79.9. The van der Waals surface area contributed by atoms with E-state index in [4.69, 9.17) is 0 Å². The lowest BCUT2D eigenvalue weighted by Gasteiger charge is -2.09. The minimum Gasteiger partial charge on any atom is -0.298 e. The van der Waals surface area contributed by atoms with Gasteiger partial charge >= 0.3 is 0 Å². The van der Waals surface area contributed by atoms with Crippen molar-refractivity contribution in [3.63, 3.8) is 0 Å². The molecule has 0 bridgehead atoms. The predicted octanol–water partition coefficient (Wildman–Crippen LogP) is 4.56. The van der Waals surface area contributed by atoms with Gasteiger partial charge in [0.15, 0.2) is 5.78 Å². The van der Waals surface area contributed by atoms with Crippen LogP contribution in [-0.2, 0) is 17.6 Å². The number of halogens is 3. The van der Waals surface area contributed by atoms with Gasteiger partial charge in [-0.25, -0.2) is 8.78 Å². The van der Waals surface area contributed by atoms with E-state index in [1.54, 1.807) is 0 Å². The van der Waals surface area contributed by atoms with E-state index in [1.165, 1.54) is 23.9 Å². The number of thioether (sulfide) groups is 1. The first-order valence-electron chi connectivity index (χ1n) is 6.46. The third kappa shape index (κ3) is 2.90. The van der Waals surface area contributed by atoms with Gasteiger partial charge in [0.25, 0.3) is 0 Å². The summed E-state index contributed by atoms with van der Waals surface area (Å²) >= 11 is 4.49. The molecule has 0 N–H and O–H groups in total. The highest BCUT2D eigenvalue weighted by Gasteiger charge is 2.29. The van der Waals surface area contributed by atoms with Crippen LogP contribution >= 0.6 is 27.7 Å². The third-order valence-corrected chi connectivity index (χ3v) is 5.47. The van der Waals surface area contributed by atoms with Crippen molar-refractivity contribution in [2.75, 3.05) is 0 Å². The largest absolute Gasteiger partial charge is 0.298 e. The minimum absolute atomic E-state index is 0.146. The van der Waals surface area contributed by atoms with Crippen LogP contribution in [0.25, 0.3) is 0 Å². The molecule has 0 radical (unpaired) electrons. The molecule has 2 aromatic rings. The van der Waals surface area contributed by atoms with Crippen LogP contribution in [0.15, 0.2) is 45.8 Å². The van der Waals surface area contributed by atoms with Crippen molar-refractivity contribution < 1.29 is 13.6 Å². The molecule has 0 aliphatic carbocycles. The second-order valence-electron chi connectivity index (χ2n) is 4.88. The van der Waals surface area contributed by atoms with Gasteiger partial charge in [0.1, 0.15) is 11.6 Å². The molecule has 2 aromatic carbocycles. The SMILES string of the molecule is O=C(Cc1c(F)ccc(Br)c1F)C1Cc2ccccc2S1. The number of hydrogen-bond donors (Lipinski definition) is 0. The maximum absolute atomic E-state index is 13.9. The number of benzene rings is 2. The van der Waals surface area contributed by atoms with E-state index in [0.29, 0.717) is 6.42 Å². The Balaban J connectivity index is 1.79. The normalized spacial score (nSPS) is 16.8. The van der Waals surface area contributed by atoms with Crippen molar-refractivity contribution in [1.29, 1.82) is 0 Å². The Labute approximate surface area is 133 Å². The second kappa shape index (κ2) is 5.89. The molecule has 1 unspecified atom stereocenters. The highest BCUT2D eigenvalue weighted by molar-refractivity contribution is 9.10. The summed E-state index contributed by atoms with van der Waals surface area (Å²) in [6.07, 6.45) is 0.402. The van der Waals surface area contributed by atoms with Crippen molar-refractivity contribution in [1.82, 2.24) is 0 Å². The Morgan fingerprint density at radius 2 is 2.00 bits per heavy atom. The summed E-state index contributed by atoms with van der Waals surface area (Å²) in [5, 5.41) is -0.264. The summed E-state index contributed by atoms with van der Waals surface area (Å²) in [4.78, 5) is 13.4. The van der Waals surface area contributed by atoms with E-state index in [0.717, 1.165) is 10.5 Å². The number of hydrogen-bond acceptors (Lipinski definition) is 2. The van der Waals surface area contributed by atoms with Crippen molar-refractivity contribution in [3.8, 4) is 0 Å². The summed E-state index contributed by atoms with van der Waals surface area (Å²) in [7, 11) is 0. The number of ketones is 1. The average molecular weight is 369 g/mol. The van der Waals surface area contributed by atoms with E-state index in [2.05, 4.69) is 15.9 Å². The van der Waals surface area contributed by atoms with Crippen molar-refractivity contribution in [2.45, 2.75) is 23.0 Å². The molecule has 3 rings (SSSR count). The first-order chi connectivity index (χ1) is 10.1. The van der Waals surface area contributed by atoms with Crippen molar-refractivity contribution >= 4 is 33.5 Å². The molecular weight excluding hydrogens is 358 g/mol. The lowest BCUT2D eigenvalue weighted by atomic mass is 10.0. The molecule has 1 aliphatic heterocycles. The van der Waals surface area contributed by atoms with Gasteiger partial charge in [-0.2, -0.15) is 0 Å². The molecule has 1 heterocycles. The summed E-state index contributed by atoms with van der Waals surface area (Å²) < 4.78 is 27.8. The van der Waals surface area contributed by atoms with Crippen LogP contribution in [0.1, 0.15) is 11.1 Å². The van der Waals surface area contributed by atoms with Gasteiger partial charge in [-0.05, 0) is 46.1 Å². The van der Waals surface area contributed by atoms with Gasteiger partial charge in [0, 0.05) is 16.9 Å². The Morgan fingerprint density at radius 3 is 2.76 bits per heavy atom. The van der Waals surface area contributed by atoms with Crippen LogP contribution in [0.5, 0.6) is 0 Å². The first kappa shape index (κ1) is 14.7. The molecular formula is C16H11BrF2OS. The molecule has 0 saturated heterocycles. The topological polar surface area (TPSA) is 17.1 Å². The number of carbonyl (C=O) groups is 1. The van der Waals surface area contributed by atoms with Gasteiger partial charge in [-0.1, -0.05) is 18.2 Å². The molecule has 21 heavy (non-hydrogen) atoms. The van der Waals surface area contributed by atoms with E-state index in [9.17, 15) is 13.6 Å². The maximum Gasteiger partial charge on any atom is 0.151 e. The fraction of sp³-hybridized carbons (Fsp3) is 0.188. The quantitative estimate of drug-likeness (QED) is 0.738. The van der Waals surface area contributed by atoms with Gasteiger partial charge in [0.2, 0.25) is 0 Å². The fourth-order valence-corrected chi connectivity index (χ4v) is 4.00. The molecule has 0 amide bonds. The van der Waals surface area contributed by atoms with E-state index in [-0.39, 0.29) is 27.5 Å². The summed E-state index contributed by atoms with van der Waals surface area (Å²) in [5.41, 5.74) is 0.960. The lowest BCUT2D eigenvalue weighted by molar-refractivity contribution is -0.118. The van der Waals surface area contributed by atoms with Gasteiger partial charge in [-0.15, -0.1) is 11.8 Å². The molecule has 1 aliphatic rings. The molecule has 0 fully saturated rings. The molecule has 1 nitrogen and oxygen atoms in total. The zero-order valence-corrected chi connectivity index (χ0v) is 13.3. The van der Waals surface area contributed by atoms with Crippen LogP contribution in [0.2, 0.25) is 0 Å². The molecule has 0 aromatic heterocycles. The van der Waals surface area contributed by atoms with Crippen molar-refractivity contribution in [2.24, 2.45) is 0 Å². The fourth-order valence-electron chi connectivity index (χ4n) is 2.38.